The van der Waals surface area contributed by atoms with Crippen molar-refractivity contribution in [2.24, 2.45) is 0 Å². The normalized spacial score (nSPS) is 10.6. The summed E-state index contributed by atoms with van der Waals surface area (Å²) < 4.78 is 10.0. The van der Waals surface area contributed by atoms with Crippen molar-refractivity contribution in [3.8, 4) is 0 Å². The fourth-order valence-electron chi connectivity index (χ4n) is 1.46. The van der Waals surface area contributed by atoms with E-state index < -0.39 is 0 Å². The number of ether oxygens (including phenoxy) is 1. The third-order valence-electron chi connectivity index (χ3n) is 2.14. The summed E-state index contributed by atoms with van der Waals surface area (Å²) >= 11 is 7.33. The maximum Gasteiger partial charge on any atom is 0.311 e. The maximum atomic E-state index is 11.3. The number of nitrogens with zero attached hydrogens (tertiary/aromatic N) is 1. The lowest BCUT2D eigenvalue weighted by molar-refractivity contribution is -0.142. The van der Waals surface area contributed by atoms with Gasteiger partial charge in [-0.05, 0) is 24.5 Å². The predicted octanol–water partition coefficient (Wildman–Crippen LogP) is 3.06. The standard InChI is InChI=1S/C11H10ClNO2S/c1-2-15-10(14)6-9-7-4-3-5-8(12)11(7)16-13-9/h3-5H,2,6H2,1H3. The maximum absolute atomic E-state index is 11.3. The molecule has 0 unspecified atom stereocenters. The van der Waals surface area contributed by atoms with Crippen LogP contribution in [0.3, 0.4) is 0 Å². The molecule has 2 aromatic rings. The Morgan fingerprint density at radius 2 is 2.38 bits per heavy atom. The van der Waals surface area contributed by atoms with Gasteiger partial charge in [0.15, 0.2) is 0 Å². The molecule has 0 aliphatic rings. The summed E-state index contributed by atoms with van der Waals surface area (Å²) in [7, 11) is 0. The van der Waals surface area contributed by atoms with E-state index in [1.165, 1.54) is 11.5 Å². The third kappa shape index (κ3) is 2.18. The molecular formula is C11H10ClNO2S. The molecule has 0 aliphatic heterocycles. The van der Waals surface area contributed by atoms with Crippen molar-refractivity contribution in [2.75, 3.05) is 6.61 Å². The van der Waals surface area contributed by atoms with E-state index in [1.807, 2.05) is 18.2 Å². The van der Waals surface area contributed by atoms with Gasteiger partial charge >= 0.3 is 5.97 Å². The molecule has 0 N–H and O–H groups in total. The monoisotopic (exact) mass is 255 g/mol. The highest BCUT2D eigenvalue weighted by Crippen LogP contribution is 2.29. The van der Waals surface area contributed by atoms with Gasteiger partial charge in [0, 0.05) is 5.39 Å². The Labute approximate surface area is 102 Å². The zero-order chi connectivity index (χ0) is 11.5. The molecule has 84 valence electrons. The summed E-state index contributed by atoms with van der Waals surface area (Å²) in [6.45, 7) is 2.18. The largest absolute Gasteiger partial charge is 0.466 e. The Bertz CT molecular complexity index is 524. The molecular weight excluding hydrogens is 246 g/mol. The summed E-state index contributed by atoms with van der Waals surface area (Å²) in [5.41, 5.74) is 0.737. The molecule has 0 saturated heterocycles. The molecule has 1 aromatic carbocycles. The van der Waals surface area contributed by atoms with Gasteiger partial charge in [0.1, 0.15) is 0 Å². The van der Waals surface area contributed by atoms with Crippen molar-refractivity contribution < 1.29 is 9.53 Å². The second-order valence-electron chi connectivity index (χ2n) is 3.23. The van der Waals surface area contributed by atoms with Crippen molar-refractivity contribution in [3.05, 3.63) is 28.9 Å². The first-order valence-electron chi connectivity index (χ1n) is 4.90. The Morgan fingerprint density at radius 1 is 1.56 bits per heavy atom. The van der Waals surface area contributed by atoms with Crippen LogP contribution in [0.2, 0.25) is 5.02 Å². The fraction of sp³-hybridized carbons (Fsp3) is 0.273. The Balaban J connectivity index is 2.32. The summed E-state index contributed by atoms with van der Waals surface area (Å²) in [6.07, 6.45) is 0.203. The molecule has 0 fully saturated rings. The average Bonchev–Trinajstić information content (AvgIpc) is 2.64. The van der Waals surface area contributed by atoms with Crippen molar-refractivity contribution >= 4 is 39.2 Å². The SMILES string of the molecule is CCOC(=O)Cc1nsc2c(Cl)cccc12. The molecule has 0 saturated carbocycles. The molecule has 1 aromatic heterocycles. The predicted molar refractivity (Wildman–Crippen MR) is 65.0 cm³/mol. The molecule has 0 atom stereocenters. The van der Waals surface area contributed by atoms with E-state index in [1.54, 1.807) is 6.92 Å². The number of aromatic nitrogens is 1. The first kappa shape index (κ1) is 11.4. The van der Waals surface area contributed by atoms with Gasteiger partial charge in [-0.15, -0.1) is 0 Å². The van der Waals surface area contributed by atoms with E-state index in [9.17, 15) is 4.79 Å². The molecule has 0 aliphatic carbocycles. The van der Waals surface area contributed by atoms with Crippen LogP contribution in [0.1, 0.15) is 12.6 Å². The second kappa shape index (κ2) is 4.80. The van der Waals surface area contributed by atoms with Gasteiger partial charge in [-0.3, -0.25) is 4.79 Å². The lowest BCUT2D eigenvalue weighted by Crippen LogP contribution is -2.07. The summed E-state index contributed by atoms with van der Waals surface area (Å²) in [6, 6.07) is 5.59. The summed E-state index contributed by atoms with van der Waals surface area (Å²) in [5.74, 6) is -0.255. The number of esters is 1. The van der Waals surface area contributed by atoms with Gasteiger partial charge in [0.2, 0.25) is 0 Å². The van der Waals surface area contributed by atoms with E-state index >= 15 is 0 Å². The Kier molecular flexibility index (Phi) is 3.41. The molecule has 0 amide bonds. The van der Waals surface area contributed by atoms with Gasteiger partial charge < -0.3 is 4.74 Å². The van der Waals surface area contributed by atoms with E-state index in [0.717, 1.165) is 15.8 Å². The molecule has 5 heteroatoms. The van der Waals surface area contributed by atoms with Crippen molar-refractivity contribution in [2.45, 2.75) is 13.3 Å². The van der Waals surface area contributed by atoms with Crippen LogP contribution < -0.4 is 0 Å². The molecule has 1 heterocycles. The zero-order valence-electron chi connectivity index (χ0n) is 8.70. The highest BCUT2D eigenvalue weighted by molar-refractivity contribution is 7.14. The number of hydrogen-bond acceptors (Lipinski definition) is 4. The molecule has 0 bridgehead atoms. The molecule has 0 radical (unpaired) electrons. The minimum Gasteiger partial charge on any atom is -0.466 e. The van der Waals surface area contributed by atoms with Gasteiger partial charge in [0.05, 0.1) is 28.4 Å². The number of benzene rings is 1. The first-order chi connectivity index (χ1) is 7.72. The van der Waals surface area contributed by atoms with Crippen LogP contribution in [0, 0.1) is 0 Å². The summed E-state index contributed by atoms with van der Waals surface area (Å²) in [4.78, 5) is 11.3. The Hall–Kier alpha value is -1.13. The van der Waals surface area contributed by atoms with Gasteiger partial charge in [-0.2, -0.15) is 4.37 Å². The smallest absolute Gasteiger partial charge is 0.311 e. The second-order valence-corrected chi connectivity index (χ2v) is 4.41. The summed E-state index contributed by atoms with van der Waals surface area (Å²) in [5, 5.41) is 1.61. The quantitative estimate of drug-likeness (QED) is 0.792. The van der Waals surface area contributed by atoms with Crippen LogP contribution in [0.5, 0.6) is 0 Å². The number of carbonyl (C=O) groups is 1. The van der Waals surface area contributed by atoms with Crippen LogP contribution in [0.4, 0.5) is 0 Å². The van der Waals surface area contributed by atoms with Gasteiger partial charge in [-0.1, -0.05) is 23.7 Å². The van der Waals surface area contributed by atoms with E-state index in [2.05, 4.69) is 4.37 Å². The van der Waals surface area contributed by atoms with E-state index in [-0.39, 0.29) is 12.4 Å². The molecule has 3 nitrogen and oxygen atoms in total. The van der Waals surface area contributed by atoms with Crippen LogP contribution in [-0.4, -0.2) is 16.9 Å². The third-order valence-corrected chi connectivity index (χ3v) is 3.50. The van der Waals surface area contributed by atoms with Crippen molar-refractivity contribution in [3.63, 3.8) is 0 Å². The van der Waals surface area contributed by atoms with Crippen LogP contribution >= 0.6 is 23.1 Å². The molecule has 0 spiro atoms. The molecule has 2 rings (SSSR count). The number of fused-ring (bicyclic) bond motifs is 1. The number of halogens is 1. The highest BCUT2D eigenvalue weighted by atomic mass is 35.5. The van der Waals surface area contributed by atoms with Gasteiger partial charge in [-0.25, -0.2) is 0 Å². The number of hydrogen-bond donors (Lipinski definition) is 0. The fourth-order valence-corrected chi connectivity index (χ4v) is 2.54. The lowest BCUT2D eigenvalue weighted by Gasteiger charge is -1.99. The van der Waals surface area contributed by atoms with E-state index in [4.69, 9.17) is 16.3 Å². The van der Waals surface area contributed by atoms with E-state index in [0.29, 0.717) is 11.6 Å². The zero-order valence-corrected chi connectivity index (χ0v) is 10.3. The van der Waals surface area contributed by atoms with Gasteiger partial charge in [0.25, 0.3) is 0 Å². The number of rotatable bonds is 3. The minimum atomic E-state index is -0.255. The average molecular weight is 256 g/mol. The minimum absolute atomic E-state index is 0.203. The molecule has 16 heavy (non-hydrogen) atoms. The van der Waals surface area contributed by atoms with Crippen LogP contribution in [-0.2, 0) is 16.0 Å². The van der Waals surface area contributed by atoms with Crippen molar-refractivity contribution in [1.29, 1.82) is 0 Å². The topological polar surface area (TPSA) is 39.2 Å². The Morgan fingerprint density at radius 3 is 3.12 bits per heavy atom. The van der Waals surface area contributed by atoms with Crippen LogP contribution in [0.15, 0.2) is 18.2 Å². The number of carbonyl (C=O) groups excluding carboxylic acids is 1. The van der Waals surface area contributed by atoms with Crippen molar-refractivity contribution in [1.82, 2.24) is 4.37 Å². The lowest BCUT2D eigenvalue weighted by atomic mass is 10.2. The first-order valence-corrected chi connectivity index (χ1v) is 6.06. The van der Waals surface area contributed by atoms with Crippen LogP contribution in [0.25, 0.3) is 10.1 Å². The highest BCUT2D eigenvalue weighted by Gasteiger charge is 2.12.